The molecule has 2 rings (SSSR count). The smallest absolute Gasteiger partial charge is 0.244 e. The van der Waals surface area contributed by atoms with Crippen LogP contribution >= 0.6 is 0 Å². The zero-order valence-corrected chi connectivity index (χ0v) is 12.8. The van der Waals surface area contributed by atoms with Crippen LogP contribution in [0.15, 0.2) is 24.3 Å². The number of amides is 1. The zero-order chi connectivity index (χ0) is 15.2. The maximum Gasteiger partial charge on any atom is 0.244 e. The van der Waals surface area contributed by atoms with Gasteiger partial charge in [0.25, 0.3) is 0 Å². The summed E-state index contributed by atoms with van der Waals surface area (Å²) in [6.07, 6.45) is 1.34. The fourth-order valence-electron chi connectivity index (χ4n) is 2.82. The third-order valence-electron chi connectivity index (χ3n) is 3.75. The van der Waals surface area contributed by atoms with E-state index in [0.29, 0.717) is 25.4 Å². The van der Waals surface area contributed by atoms with Crippen molar-refractivity contribution in [3.8, 4) is 6.07 Å². The first-order valence-electron chi connectivity index (χ1n) is 7.60. The van der Waals surface area contributed by atoms with Crippen molar-refractivity contribution in [2.75, 3.05) is 19.6 Å². The standard InChI is InChI=1S/C17H23N3O/c1-13(2)12-20(11-5-9-18)17(21)16-15-7-4-3-6-14(15)8-10-19-16/h3-4,6-7,13,16,19H,5,8,10-12H2,1-2H3. The van der Waals surface area contributed by atoms with Crippen LogP contribution < -0.4 is 5.32 Å². The number of fused-ring (bicyclic) bond motifs is 1. The second-order valence-electron chi connectivity index (χ2n) is 5.92. The maximum atomic E-state index is 12.9. The van der Waals surface area contributed by atoms with Crippen molar-refractivity contribution in [3.05, 3.63) is 35.4 Å². The van der Waals surface area contributed by atoms with E-state index in [1.54, 1.807) is 0 Å². The van der Waals surface area contributed by atoms with Gasteiger partial charge in [0.2, 0.25) is 5.91 Å². The predicted molar refractivity (Wildman–Crippen MR) is 82.5 cm³/mol. The largest absolute Gasteiger partial charge is 0.340 e. The van der Waals surface area contributed by atoms with E-state index in [0.717, 1.165) is 18.5 Å². The van der Waals surface area contributed by atoms with Gasteiger partial charge in [-0.25, -0.2) is 0 Å². The molecule has 4 nitrogen and oxygen atoms in total. The second kappa shape index (κ2) is 7.24. The van der Waals surface area contributed by atoms with Gasteiger partial charge in [-0.1, -0.05) is 38.1 Å². The summed E-state index contributed by atoms with van der Waals surface area (Å²) >= 11 is 0. The van der Waals surface area contributed by atoms with Crippen LogP contribution in [-0.2, 0) is 11.2 Å². The molecule has 0 radical (unpaired) electrons. The van der Waals surface area contributed by atoms with E-state index in [1.807, 2.05) is 23.1 Å². The number of hydrogen-bond donors (Lipinski definition) is 1. The Morgan fingerprint density at radius 2 is 2.24 bits per heavy atom. The number of nitrogens with zero attached hydrogens (tertiary/aromatic N) is 2. The second-order valence-corrected chi connectivity index (χ2v) is 5.92. The van der Waals surface area contributed by atoms with Crippen molar-refractivity contribution in [1.29, 1.82) is 5.26 Å². The molecule has 4 heteroatoms. The Hall–Kier alpha value is -1.86. The summed E-state index contributed by atoms with van der Waals surface area (Å²) < 4.78 is 0. The molecule has 1 atom stereocenters. The van der Waals surface area contributed by atoms with Crippen molar-refractivity contribution in [1.82, 2.24) is 10.2 Å². The Kier molecular flexibility index (Phi) is 5.35. The quantitative estimate of drug-likeness (QED) is 0.903. The minimum Gasteiger partial charge on any atom is -0.340 e. The molecule has 1 N–H and O–H groups in total. The number of hydrogen-bond acceptors (Lipinski definition) is 3. The molecule has 1 aromatic rings. The van der Waals surface area contributed by atoms with Gasteiger partial charge in [0.05, 0.1) is 12.5 Å². The summed E-state index contributed by atoms with van der Waals surface area (Å²) in [6, 6.07) is 9.99. The molecule has 0 fully saturated rings. The van der Waals surface area contributed by atoms with E-state index in [1.165, 1.54) is 5.56 Å². The third-order valence-corrected chi connectivity index (χ3v) is 3.75. The van der Waals surface area contributed by atoms with E-state index >= 15 is 0 Å². The van der Waals surface area contributed by atoms with Crippen molar-refractivity contribution in [2.45, 2.75) is 32.7 Å². The van der Waals surface area contributed by atoms with Crippen molar-refractivity contribution in [3.63, 3.8) is 0 Å². The van der Waals surface area contributed by atoms with Crippen LogP contribution in [0.5, 0.6) is 0 Å². The fraction of sp³-hybridized carbons (Fsp3) is 0.529. The number of carbonyl (C=O) groups excluding carboxylic acids is 1. The SMILES string of the molecule is CC(C)CN(CCC#N)C(=O)C1NCCc2ccccc21. The molecule has 1 aromatic carbocycles. The lowest BCUT2D eigenvalue weighted by Crippen LogP contribution is -2.45. The first kappa shape index (κ1) is 15.5. The van der Waals surface area contributed by atoms with Crippen LogP contribution in [0.4, 0.5) is 0 Å². The predicted octanol–water partition coefficient (Wildman–Crippen LogP) is 2.27. The first-order chi connectivity index (χ1) is 10.1. The molecule has 1 aliphatic heterocycles. The van der Waals surface area contributed by atoms with E-state index in [9.17, 15) is 4.79 Å². The average Bonchev–Trinajstić information content (AvgIpc) is 2.50. The molecule has 0 saturated heterocycles. The Labute approximate surface area is 126 Å². The summed E-state index contributed by atoms with van der Waals surface area (Å²) in [5.74, 6) is 0.484. The highest BCUT2D eigenvalue weighted by atomic mass is 16.2. The molecular formula is C17H23N3O. The van der Waals surface area contributed by atoms with Crippen LogP contribution in [0.1, 0.15) is 37.4 Å². The van der Waals surface area contributed by atoms with Gasteiger partial charge in [-0.15, -0.1) is 0 Å². The molecule has 1 amide bonds. The number of rotatable bonds is 5. The van der Waals surface area contributed by atoms with Crippen LogP contribution in [0, 0.1) is 17.2 Å². The molecule has 21 heavy (non-hydrogen) atoms. The maximum absolute atomic E-state index is 12.9. The van der Waals surface area contributed by atoms with Crippen molar-refractivity contribution in [2.24, 2.45) is 5.92 Å². The first-order valence-corrected chi connectivity index (χ1v) is 7.60. The summed E-state index contributed by atoms with van der Waals surface area (Å²) in [5, 5.41) is 12.1. The topological polar surface area (TPSA) is 56.1 Å². The Morgan fingerprint density at radius 3 is 2.95 bits per heavy atom. The normalized spacial score (nSPS) is 17.1. The van der Waals surface area contributed by atoms with Gasteiger partial charge in [-0.05, 0) is 23.5 Å². The van der Waals surface area contributed by atoms with Gasteiger partial charge >= 0.3 is 0 Å². The monoisotopic (exact) mass is 285 g/mol. The molecule has 0 bridgehead atoms. The number of carbonyl (C=O) groups is 1. The minimum atomic E-state index is -0.271. The van der Waals surface area contributed by atoms with E-state index in [2.05, 4.69) is 31.3 Å². The minimum absolute atomic E-state index is 0.0890. The van der Waals surface area contributed by atoms with E-state index in [-0.39, 0.29) is 11.9 Å². The fourth-order valence-corrected chi connectivity index (χ4v) is 2.82. The molecule has 1 aliphatic rings. The van der Waals surface area contributed by atoms with E-state index < -0.39 is 0 Å². The highest BCUT2D eigenvalue weighted by Gasteiger charge is 2.29. The highest BCUT2D eigenvalue weighted by molar-refractivity contribution is 5.84. The molecule has 0 aliphatic carbocycles. The van der Waals surface area contributed by atoms with Crippen molar-refractivity contribution >= 4 is 5.91 Å². The van der Waals surface area contributed by atoms with Crippen LogP contribution in [0.2, 0.25) is 0 Å². The number of nitrogens with one attached hydrogen (secondary N) is 1. The molecule has 112 valence electrons. The van der Waals surface area contributed by atoms with Gasteiger partial charge in [0.15, 0.2) is 0 Å². The molecule has 1 heterocycles. The summed E-state index contributed by atoms with van der Waals surface area (Å²) in [6.45, 7) is 6.21. The van der Waals surface area contributed by atoms with Gasteiger partial charge in [0.1, 0.15) is 6.04 Å². The Bertz CT molecular complexity index is 533. The highest BCUT2D eigenvalue weighted by Crippen LogP contribution is 2.24. The zero-order valence-electron chi connectivity index (χ0n) is 12.8. The Balaban J connectivity index is 2.19. The average molecular weight is 285 g/mol. The Morgan fingerprint density at radius 1 is 1.48 bits per heavy atom. The van der Waals surface area contributed by atoms with Gasteiger partial charge < -0.3 is 10.2 Å². The van der Waals surface area contributed by atoms with Crippen LogP contribution in [0.3, 0.4) is 0 Å². The van der Waals surface area contributed by atoms with Gasteiger partial charge in [-0.2, -0.15) is 5.26 Å². The van der Waals surface area contributed by atoms with Crippen LogP contribution in [-0.4, -0.2) is 30.4 Å². The lowest BCUT2D eigenvalue weighted by atomic mass is 9.93. The van der Waals surface area contributed by atoms with E-state index in [4.69, 9.17) is 5.26 Å². The lowest BCUT2D eigenvalue weighted by molar-refractivity contribution is -0.134. The van der Waals surface area contributed by atoms with Gasteiger partial charge in [0, 0.05) is 19.6 Å². The number of nitriles is 1. The molecule has 0 spiro atoms. The lowest BCUT2D eigenvalue weighted by Gasteiger charge is -2.32. The summed E-state index contributed by atoms with van der Waals surface area (Å²) in [4.78, 5) is 14.7. The molecule has 0 aromatic heterocycles. The summed E-state index contributed by atoms with van der Waals surface area (Å²) in [7, 11) is 0. The third kappa shape index (κ3) is 3.83. The number of benzene rings is 1. The van der Waals surface area contributed by atoms with Crippen LogP contribution in [0.25, 0.3) is 0 Å². The molecule has 0 saturated carbocycles. The van der Waals surface area contributed by atoms with Gasteiger partial charge in [-0.3, -0.25) is 4.79 Å². The molecule has 1 unspecified atom stereocenters. The molecular weight excluding hydrogens is 262 g/mol. The summed E-state index contributed by atoms with van der Waals surface area (Å²) in [5.41, 5.74) is 2.33. The van der Waals surface area contributed by atoms with Crippen molar-refractivity contribution < 1.29 is 4.79 Å².